The summed E-state index contributed by atoms with van der Waals surface area (Å²) >= 11 is 0. The number of hydrogen-bond donors (Lipinski definition) is 1. The molecule has 1 N–H and O–H groups in total. The highest BCUT2D eigenvalue weighted by molar-refractivity contribution is 5.81. The van der Waals surface area contributed by atoms with Crippen molar-refractivity contribution < 1.29 is 0 Å². The lowest BCUT2D eigenvalue weighted by atomic mass is 9.97. The fourth-order valence-electron chi connectivity index (χ4n) is 2.07. The van der Waals surface area contributed by atoms with Crippen molar-refractivity contribution in [2.45, 2.75) is 20.8 Å². The molecule has 0 aliphatic rings. The number of aromatic nitrogens is 2. The quantitative estimate of drug-likeness (QED) is 0.907. The molecule has 5 nitrogen and oxygen atoms in total. The number of hydrogen-bond acceptors (Lipinski definition) is 3. The molecule has 0 saturated carbocycles. The average Bonchev–Trinajstić information content (AvgIpc) is 2.39. The number of fused-ring (bicyclic) bond motifs is 1. The van der Waals surface area contributed by atoms with E-state index in [1.54, 1.807) is 7.05 Å². The molecular formula is C15H21N3O2. The van der Waals surface area contributed by atoms with Crippen molar-refractivity contribution in [3.05, 3.63) is 39.0 Å². The summed E-state index contributed by atoms with van der Waals surface area (Å²) in [7, 11) is 3.17. The third-order valence-corrected chi connectivity index (χ3v) is 3.29. The monoisotopic (exact) mass is 275 g/mol. The number of nitrogens with zero attached hydrogens (tertiary/aromatic N) is 2. The van der Waals surface area contributed by atoms with Crippen molar-refractivity contribution in [2.75, 3.05) is 11.9 Å². The zero-order chi connectivity index (χ0) is 15.1. The van der Waals surface area contributed by atoms with Crippen molar-refractivity contribution in [3.63, 3.8) is 0 Å². The predicted octanol–water partition coefficient (Wildman–Crippen LogP) is 1.70. The minimum absolute atomic E-state index is 0.156. The lowest BCUT2D eigenvalue weighted by Gasteiger charge is -2.20. The van der Waals surface area contributed by atoms with Gasteiger partial charge in [0.05, 0.1) is 10.9 Å². The van der Waals surface area contributed by atoms with Crippen LogP contribution in [0.25, 0.3) is 10.9 Å². The van der Waals surface area contributed by atoms with Crippen LogP contribution in [0.4, 0.5) is 5.69 Å². The molecule has 1 heterocycles. The summed E-state index contributed by atoms with van der Waals surface area (Å²) in [5.74, 6) is 0. The van der Waals surface area contributed by atoms with E-state index in [9.17, 15) is 9.59 Å². The highest BCUT2D eigenvalue weighted by Crippen LogP contribution is 2.18. The first-order valence-electron chi connectivity index (χ1n) is 6.64. The fraction of sp³-hybridized carbons (Fsp3) is 0.467. The lowest BCUT2D eigenvalue weighted by Crippen LogP contribution is -2.36. The number of nitrogens with one attached hydrogen (secondary N) is 1. The second kappa shape index (κ2) is 4.81. The van der Waals surface area contributed by atoms with Crippen LogP contribution >= 0.6 is 0 Å². The first kappa shape index (κ1) is 14.4. The second-order valence-corrected chi connectivity index (χ2v) is 6.35. The Balaban J connectivity index is 2.55. The fourth-order valence-corrected chi connectivity index (χ4v) is 2.07. The first-order valence-corrected chi connectivity index (χ1v) is 6.64. The maximum atomic E-state index is 12.2. The van der Waals surface area contributed by atoms with Gasteiger partial charge in [-0.3, -0.25) is 13.9 Å². The Bertz CT molecular complexity index is 763. The molecule has 0 spiro atoms. The van der Waals surface area contributed by atoms with Crippen LogP contribution in [0.1, 0.15) is 20.8 Å². The number of anilines is 1. The summed E-state index contributed by atoms with van der Waals surface area (Å²) in [6.45, 7) is 7.24. The molecule has 2 aromatic rings. The molecule has 5 heteroatoms. The van der Waals surface area contributed by atoms with Crippen molar-refractivity contribution >= 4 is 16.6 Å². The van der Waals surface area contributed by atoms with Gasteiger partial charge in [-0.25, -0.2) is 4.79 Å². The zero-order valence-corrected chi connectivity index (χ0v) is 12.7. The van der Waals surface area contributed by atoms with Gasteiger partial charge in [0.15, 0.2) is 0 Å². The summed E-state index contributed by atoms with van der Waals surface area (Å²) in [4.78, 5) is 24.0. The number of rotatable bonds is 2. The van der Waals surface area contributed by atoms with Crippen LogP contribution in [0.3, 0.4) is 0 Å². The average molecular weight is 275 g/mol. The van der Waals surface area contributed by atoms with E-state index in [1.165, 1.54) is 11.6 Å². The Morgan fingerprint density at radius 1 is 1.10 bits per heavy atom. The van der Waals surface area contributed by atoms with Crippen LogP contribution in [-0.2, 0) is 14.1 Å². The maximum Gasteiger partial charge on any atom is 0.330 e. The van der Waals surface area contributed by atoms with E-state index in [-0.39, 0.29) is 16.7 Å². The molecule has 0 saturated heterocycles. The zero-order valence-electron chi connectivity index (χ0n) is 12.7. The van der Waals surface area contributed by atoms with Crippen molar-refractivity contribution in [1.29, 1.82) is 0 Å². The molecule has 0 radical (unpaired) electrons. The van der Waals surface area contributed by atoms with E-state index in [0.717, 1.165) is 16.8 Å². The van der Waals surface area contributed by atoms with Gasteiger partial charge in [-0.05, 0) is 23.6 Å². The molecule has 1 aromatic heterocycles. The number of benzene rings is 1. The molecule has 108 valence electrons. The topological polar surface area (TPSA) is 56.0 Å². The van der Waals surface area contributed by atoms with Crippen molar-refractivity contribution in [1.82, 2.24) is 9.13 Å². The standard InChI is InChI=1S/C15H21N3O2/c1-15(2,3)9-16-10-6-7-12-11(8-10)13(19)18(5)14(20)17(12)4/h6-8,16H,9H2,1-5H3. The van der Waals surface area contributed by atoms with E-state index in [0.29, 0.717) is 10.9 Å². The third kappa shape index (κ3) is 2.61. The molecule has 1 aromatic carbocycles. The van der Waals surface area contributed by atoms with Crippen molar-refractivity contribution in [3.8, 4) is 0 Å². The van der Waals surface area contributed by atoms with Gasteiger partial charge < -0.3 is 5.32 Å². The van der Waals surface area contributed by atoms with Crippen LogP contribution in [0.2, 0.25) is 0 Å². The lowest BCUT2D eigenvalue weighted by molar-refractivity contribution is 0.443. The van der Waals surface area contributed by atoms with Gasteiger partial charge in [-0.2, -0.15) is 0 Å². The Hall–Kier alpha value is -2.04. The van der Waals surface area contributed by atoms with E-state index in [2.05, 4.69) is 26.1 Å². The summed E-state index contributed by atoms with van der Waals surface area (Å²) in [6, 6.07) is 5.51. The molecule has 2 rings (SSSR count). The SMILES string of the molecule is Cn1c(=O)c2cc(NCC(C)(C)C)ccc2n(C)c1=O. The van der Waals surface area contributed by atoms with Gasteiger partial charge in [0, 0.05) is 26.3 Å². The normalized spacial score (nSPS) is 11.8. The molecule has 0 bridgehead atoms. The van der Waals surface area contributed by atoms with Gasteiger partial charge in [0.2, 0.25) is 0 Å². The Labute approximate surface area is 117 Å². The van der Waals surface area contributed by atoms with Crippen LogP contribution in [0.15, 0.2) is 27.8 Å². The van der Waals surface area contributed by atoms with Crippen LogP contribution < -0.4 is 16.6 Å². The van der Waals surface area contributed by atoms with E-state index in [1.807, 2.05) is 18.2 Å². The second-order valence-electron chi connectivity index (χ2n) is 6.35. The van der Waals surface area contributed by atoms with Crippen LogP contribution in [0, 0.1) is 5.41 Å². The first-order chi connectivity index (χ1) is 9.20. The van der Waals surface area contributed by atoms with E-state index in [4.69, 9.17) is 0 Å². The van der Waals surface area contributed by atoms with Crippen LogP contribution in [-0.4, -0.2) is 15.7 Å². The van der Waals surface area contributed by atoms with Crippen LogP contribution in [0.5, 0.6) is 0 Å². The molecule has 0 amide bonds. The Morgan fingerprint density at radius 2 is 1.75 bits per heavy atom. The highest BCUT2D eigenvalue weighted by atomic mass is 16.2. The highest BCUT2D eigenvalue weighted by Gasteiger charge is 2.11. The Morgan fingerprint density at radius 3 is 2.35 bits per heavy atom. The maximum absolute atomic E-state index is 12.2. The Kier molecular flexibility index (Phi) is 3.46. The molecular weight excluding hydrogens is 254 g/mol. The largest absolute Gasteiger partial charge is 0.384 e. The smallest absolute Gasteiger partial charge is 0.330 e. The van der Waals surface area contributed by atoms with E-state index < -0.39 is 0 Å². The molecule has 0 aliphatic heterocycles. The van der Waals surface area contributed by atoms with Gasteiger partial charge in [0.25, 0.3) is 5.56 Å². The molecule has 20 heavy (non-hydrogen) atoms. The number of aryl methyl sites for hydroxylation is 1. The molecule has 0 unspecified atom stereocenters. The third-order valence-electron chi connectivity index (χ3n) is 3.29. The summed E-state index contributed by atoms with van der Waals surface area (Å²) in [6.07, 6.45) is 0. The molecule has 0 fully saturated rings. The minimum Gasteiger partial charge on any atom is -0.384 e. The predicted molar refractivity (Wildman–Crippen MR) is 82.4 cm³/mol. The van der Waals surface area contributed by atoms with E-state index >= 15 is 0 Å². The molecule has 0 atom stereocenters. The molecule has 0 aliphatic carbocycles. The summed E-state index contributed by atoms with van der Waals surface area (Å²) in [5.41, 5.74) is 1.13. The van der Waals surface area contributed by atoms with Crippen molar-refractivity contribution in [2.24, 2.45) is 19.5 Å². The van der Waals surface area contributed by atoms with Gasteiger partial charge in [-0.1, -0.05) is 20.8 Å². The minimum atomic E-state index is -0.307. The van der Waals surface area contributed by atoms with Gasteiger partial charge >= 0.3 is 5.69 Å². The van der Waals surface area contributed by atoms with Gasteiger partial charge in [-0.15, -0.1) is 0 Å². The summed E-state index contributed by atoms with van der Waals surface area (Å²) in [5, 5.41) is 3.87. The summed E-state index contributed by atoms with van der Waals surface area (Å²) < 4.78 is 2.63. The van der Waals surface area contributed by atoms with Gasteiger partial charge in [0.1, 0.15) is 0 Å².